The summed E-state index contributed by atoms with van der Waals surface area (Å²) in [6.07, 6.45) is 3.56. The van der Waals surface area contributed by atoms with Gasteiger partial charge in [0.25, 0.3) is 5.69 Å². The molecule has 0 atom stereocenters. The zero-order valence-electron chi connectivity index (χ0n) is 10.8. The number of aromatic nitrogens is 2. The van der Waals surface area contributed by atoms with Crippen LogP contribution in [0, 0.1) is 10.1 Å². The number of nitrogens with zero attached hydrogens (tertiary/aromatic N) is 3. The summed E-state index contributed by atoms with van der Waals surface area (Å²) in [6.45, 7) is 0.508. The number of anilines is 2. The lowest BCUT2D eigenvalue weighted by Gasteiger charge is -2.08. The Morgan fingerprint density at radius 2 is 2.11 bits per heavy atom. The Balaban J connectivity index is 2.17. The molecule has 0 aliphatic carbocycles. The van der Waals surface area contributed by atoms with E-state index in [2.05, 4.69) is 15.6 Å². The van der Waals surface area contributed by atoms with E-state index < -0.39 is 4.92 Å². The number of non-ortho nitro benzene ring substituents is 1. The summed E-state index contributed by atoms with van der Waals surface area (Å²) >= 11 is 0. The van der Waals surface area contributed by atoms with Crippen LogP contribution in [0.1, 0.15) is 5.82 Å². The minimum absolute atomic E-state index is 0.0502. The van der Waals surface area contributed by atoms with E-state index in [1.165, 1.54) is 12.1 Å². The molecule has 1 aromatic heterocycles. The van der Waals surface area contributed by atoms with Crippen molar-refractivity contribution in [3.8, 4) is 0 Å². The van der Waals surface area contributed by atoms with Gasteiger partial charge in [0.2, 0.25) is 0 Å². The Morgan fingerprint density at radius 3 is 2.68 bits per heavy atom. The Hall–Kier alpha value is -2.57. The van der Waals surface area contributed by atoms with Gasteiger partial charge < -0.3 is 15.2 Å². The zero-order chi connectivity index (χ0) is 13.8. The van der Waals surface area contributed by atoms with Crippen LogP contribution in [0.2, 0.25) is 0 Å². The van der Waals surface area contributed by atoms with Crippen molar-refractivity contribution in [1.82, 2.24) is 9.55 Å². The number of nitrogens with one attached hydrogen (secondary N) is 2. The SMILES string of the molecule is CNc1cc(NCc2nccn2C)cc([N+](=O)[O-])c1. The van der Waals surface area contributed by atoms with Crippen molar-refractivity contribution in [2.75, 3.05) is 17.7 Å². The van der Waals surface area contributed by atoms with Gasteiger partial charge in [-0.3, -0.25) is 10.1 Å². The topological polar surface area (TPSA) is 85.0 Å². The van der Waals surface area contributed by atoms with Crippen molar-refractivity contribution in [3.05, 3.63) is 46.5 Å². The van der Waals surface area contributed by atoms with Crippen molar-refractivity contribution in [2.45, 2.75) is 6.54 Å². The van der Waals surface area contributed by atoms with Gasteiger partial charge in [-0.2, -0.15) is 0 Å². The summed E-state index contributed by atoms with van der Waals surface area (Å²) in [4.78, 5) is 14.6. The molecular formula is C12H15N5O2. The van der Waals surface area contributed by atoms with Gasteiger partial charge in [-0.25, -0.2) is 4.98 Å². The van der Waals surface area contributed by atoms with Gasteiger partial charge >= 0.3 is 0 Å². The maximum absolute atomic E-state index is 10.8. The highest BCUT2D eigenvalue weighted by Gasteiger charge is 2.09. The predicted octanol–water partition coefficient (Wildman–Crippen LogP) is 1.98. The molecule has 19 heavy (non-hydrogen) atoms. The van der Waals surface area contributed by atoms with E-state index in [1.807, 2.05) is 23.9 Å². The van der Waals surface area contributed by atoms with E-state index in [4.69, 9.17) is 0 Å². The number of aryl methyl sites for hydroxylation is 1. The van der Waals surface area contributed by atoms with Gasteiger partial charge in [-0.1, -0.05) is 0 Å². The first-order valence-corrected chi connectivity index (χ1v) is 5.77. The highest BCUT2D eigenvalue weighted by atomic mass is 16.6. The number of hydrogen-bond donors (Lipinski definition) is 2. The predicted molar refractivity (Wildman–Crippen MR) is 73.2 cm³/mol. The normalized spacial score (nSPS) is 10.2. The largest absolute Gasteiger partial charge is 0.388 e. The third-order valence-electron chi connectivity index (χ3n) is 2.79. The summed E-state index contributed by atoms with van der Waals surface area (Å²) in [5.41, 5.74) is 1.42. The molecule has 0 unspecified atom stereocenters. The van der Waals surface area contributed by atoms with Gasteiger partial charge in [-0.15, -0.1) is 0 Å². The van der Waals surface area contributed by atoms with Gasteiger partial charge in [0.05, 0.1) is 11.5 Å². The second-order valence-corrected chi connectivity index (χ2v) is 4.08. The van der Waals surface area contributed by atoms with Crippen LogP contribution >= 0.6 is 0 Å². The molecular weight excluding hydrogens is 246 g/mol. The second-order valence-electron chi connectivity index (χ2n) is 4.08. The van der Waals surface area contributed by atoms with Gasteiger partial charge in [0.1, 0.15) is 5.82 Å². The molecule has 0 spiro atoms. The molecule has 0 radical (unpaired) electrons. The first-order chi connectivity index (χ1) is 9.10. The first-order valence-electron chi connectivity index (χ1n) is 5.77. The van der Waals surface area contributed by atoms with Crippen LogP contribution in [0.25, 0.3) is 0 Å². The van der Waals surface area contributed by atoms with Crippen molar-refractivity contribution in [1.29, 1.82) is 0 Å². The molecule has 1 heterocycles. The standard InChI is InChI=1S/C12H15N5O2/c1-13-9-5-10(7-11(6-9)17(18)19)15-8-12-14-3-4-16(12)2/h3-7,13,15H,8H2,1-2H3. The Kier molecular flexibility index (Phi) is 3.65. The lowest BCUT2D eigenvalue weighted by atomic mass is 10.2. The van der Waals surface area contributed by atoms with Gasteiger partial charge in [-0.05, 0) is 6.07 Å². The molecule has 100 valence electrons. The van der Waals surface area contributed by atoms with Crippen LogP contribution in [-0.4, -0.2) is 21.5 Å². The number of imidazole rings is 1. The summed E-state index contributed by atoms with van der Waals surface area (Å²) in [7, 11) is 3.62. The van der Waals surface area contributed by atoms with Crippen LogP contribution in [0.5, 0.6) is 0 Å². The fourth-order valence-corrected chi connectivity index (χ4v) is 1.71. The minimum Gasteiger partial charge on any atom is -0.388 e. The third kappa shape index (κ3) is 3.01. The maximum atomic E-state index is 10.8. The summed E-state index contributed by atoms with van der Waals surface area (Å²) in [6, 6.07) is 4.81. The Labute approximate surface area is 110 Å². The van der Waals surface area contributed by atoms with Crippen molar-refractivity contribution < 1.29 is 4.92 Å². The first kappa shape index (κ1) is 12.9. The Morgan fingerprint density at radius 1 is 1.37 bits per heavy atom. The number of rotatable bonds is 5. The van der Waals surface area contributed by atoms with Crippen molar-refractivity contribution in [3.63, 3.8) is 0 Å². The number of nitro groups is 1. The minimum atomic E-state index is -0.410. The molecule has 7 nitrogen and oxygen atoms in total. The molecule has 0 saturated heterocycles. The van der Waals surface area contributed by atoms with E-state index in [0.29, 0.717) is 17.9 Å². The lowest BCUT2D eigenvalue weighted by Crippen LogP contribution is -2.06. The molecule has 0 aliphatic heterocycles. The van der Waals surface area contributed by atoms with Crippen LogP contribution in [0.3, 0.4) is 0 Å². The fourth-order valence-electron chi connectivity index (χ4n) is 1.71. The van der Waals surface area contributed by atoms with Crippen LogP contribution < -0.4 is 10.6 Å². The lowest BCUT2D eigenvalue weighted by molar-refractivity contribution is -0.384. The molecule has 0 amide bonds. The molecule has 2 N–H and O–H groups in total. The van der Waals surface area contributed by atoms with E-state index in [1.54, 1.807) is 13.2 Å². The molecule has 7 heteroatoms. The number of benzene rings is 1. The zero-order valence-corrected chi connectivity index (χ0v) is 10.8. The smallest absolute Gasteiger partial charge is 0.273 e. The average molecular weight is 261 g/mol. The molecule has 2 aromatic rings. The number of hydrogen-bond acceptors (Lipinski definition) is 5. The van der Waals surface area contributed by atoms with Crippen LogP contribution in [0.4, 0.5) is 17.1 Å². The molecule has 0 bridgehead atoms. The Bertz CT molecular complexity index is 594. The average Bonchev–Trinajstić information content (AvgIpc) is 2.81. The second kappa shape index (κ2) is 5.38. The van der Waals surface area contributed by atoms with Gasteiger partial charge in [0, 0.05) is 50.0 Å². The van der Waals surface area contributed by atoms with E-state index in [9.17, 15) is 10.1 Å². The molecule has 0 fully saturated rings. The van der Waals surface area contributed by atoms with Gasteiger partial charge in [0.15, 0.2) is 0 Å². The summed E-state index contributed by atoms with van der Waals surface area (Å²) < 4.78 is 1.89. The highest BCUT2D eigenvalue weighted by Crippen LogP contribution is 2.24. The monoisotopic (exact) mass is 261 g/mol. The maximum Gasteiger partial charge on any atom is 0.273 e. The van der Waals surface area contributed by atoms with Crippen molar-refractivity contribution >= 4 is 17.1 Å². The van der Waals surface area contributed by atoms with E-state index >= 15 is 0 Å². The van der Waals surface area contributed by atoms with Crippen LogP contribution in [0.15, 0.2) is 30.6 Å². The quantitative estimate of drug-likeness (QED) is 0.635. The molecule has 0 aliphatic rings. The van der Waals surface area contributed by atoms with Crippen molar-refractivity contribution in [2.24, 2.45) is 7.05 Å². The molecule has 0 saturated carbocycles. The van der Waals surface area contributed by atoms with Crippen LogP contribution in [-0.2, 0) is 13.6 Å². The fraction of sp³-hybridized carbons (Fsp3) is 0.250. The molecule has 1 aromatic carbocycles. The summed E-state index contributed by atoms with van der Waals surface area (Å²) in [5.74, 6) is 0.859. The highest BCUT2D eigenvalue weighted by molar-refractivity contribution is 5.63. The third-order valence-corrected chi connectivity index (χ3v) is 2.79. The summed E-state index contributed by atoms with van der Waals surface area (Å²) in [5, 5.41) is 16.9. The molecule has 2 rings (SSSR count). The van der Waals surface area contributed by atoms with E-state index in [-0.39, 0.29) is 5.69 Å². The number of nitro benzene ring substituents is 1. The van der Waals surface area contributed by atoms with E-state index in [0.717, 1.165) is 5.82 Å².